The number of nitrogens with zero attached hydrogens (tertiary/aromatic N) is 6. The van der Waals surface area contributed by atoms with Crippen molar-refractivity contribution in [1.82, 2.24) is 29.1 Å². The van der Waals surface area contributed by atoms with Crippen molar-refractivity contribution in [3.05, 3.63) is 98.0 Å². The first-order valence-electron chi connectivity index (χ1n) is 9.56. The van der Waals surface area contributed by atoms with Crippen LogP contribution >= 0.6 is 9.58 Å². The van der Waals surface area contributed by atoms with E-state index in [2.05, 4.69) is 41.7 Å². The molecule has 0 aliphatic rings. The summed E-state index contributed by atoms with van der Waals surface area (Å²) in [6, 6.07) is 20.1. The van der Waals surface area contributed by atoms with Crippen molar-refractivity contribution in [2.45, 2.75) is 0 Å². The fraction of sp³-hybridized carbons (Fsp3) is 0.0833. The van der Waals surface area contributed by atoms with Crippen molar-refractivity contribution in [2.75, 3.05) is 0 Å². The normalized spacial score (nSPS) is 9.88. The van der Waals surface area contributed by atoms with E-state index < -0.39 is 0 Å². The van der Waals surface area contributed by atoms with Gasteiger partial charge in [0.2, 0.25) is 0 Å². The number of benzene rings is 1. The third kappa shape index (κ3) is 5.98. The van der Waals surface area contributed by atoms with Gasteiger partial charge >= 0.3 is 27.5 Å². The summed E-state index contributed by atoms with van der Waals surface area (Å²) in [6.45, 7) is 0. The summed E-state index contributed by atoms with van der Waals surface area (Å²) in [5.41, 5.74) is 3.74. The summed E-state index contributed by atoms with van der Waals surface area (Å²) in [5, 5.41) is 0. The number of aryl methyl sites for hydroxylation is 2. The van der Waals surface area contributed by atoms with Gasteiger partial charge in [0.05, 0.1) is 11.6 Å². The van der Waals surface area contributed by atoms with Crippen LogP contribution in [0.3, 0.4) is 0 Å². The molecule has 0 aliphatic carbocycles. The van der Waals surface area contributed by atoms with Crippen LogP contribution in [0, 0.1) is 12.1 Å². The molecule has 0 aliphatic heterocycles. The molecule has 5 aromatic rings. The molecule has 4 aromatic heterocycles. The van der Waals surface area contributed by atoms with Gasteiger partial charge in [-0.2, -0.15) is 0 Å². The van der Waals surface area contributed by atoms with Crippen molar-refractivity contribution >= 4 is 9.58 Å². The largest absolute Gasteiger partial charge is 0.305 e. The van der Waals surface area contributed by atoms with Gasteiger partial charge in [-0.1, -0.05) is 23.3 Å². The first-order chi connectivity index (χ1) is 15.7. The predicted molar refractivity (Wildman–Crippen MR) is 122 cm³/mol. The molecule has 0 saturated carbocycles. The molecule has 0 bridgehead atoms. The molecule has 0 spiro atoms. The minimum Gasteiger partial charge on any atom is -0.305 e. The zero-order valence-electron chi connectivity index (χ0n) is 17.5. The van der Waals surface area contributed by atoms with Crippen LogP contribution in [0.15, 0.2) is 85.8 Å². The number of hydrogen-bond acceptors (Lipinski definition) is 4. The number of rotatable bonds is 3. The van der Waals surface area contributed by atoms with Crippen LogP contribution in [0.1, 0.15) is 0 Å². The van der Waals surface area contributed by atoms with Gasteiger partial charge < -0.3 is 19.1 Å². The Labute approximate surface area is 202 Å². The predicted octanol–water partition coefficient (Wildman–Crippen LogP) is 4.92. The number of hydrogen-bond donors (Lipinski definition) is 0. The molecule has 0 saturated heterocycles. The molecule has 162 valence electrons. The van der Waals surface area contributed by atoms with Crippen molar-refractivity contribution in [3.8, 4) is 34.0 Å². The topological polar surface area (TPSA) is 61.4 Å². The van der Waals surface area contributed by atoms with E-state index in [9.17, 15) is 0 Å². The third-order valence-corrected chi connectivity index (χ3v) is 4.45. The van der Waals surface area contributed by atoms with E-state index in [0.29, 0.717) is 0 Å². The van der Waals surface area contributed by atoms with E-state index in [1.54, 1.807) is 31.0 Å². The molecule has 0 radical (unpaired) electrons. The van der Waals surface area contributed by atoms with Gasteiger partial charge in [0.25, 0.3) is 0 Å². The maximum absolute atomic E-state index is 4.64. The minimum atomic E-state index is 0.846. The molecule has 4 heterocycles. The minimum absolute atomic E-state index is 0.846. The molecule has 6 nitrogen and oxygen atoms in total. The van der Waals surface area contributed by atoms with Crippen LogP contribution in [-0.4, -0.2) is 29.1 Å². The maximum Gasteiger partial charge on any atom is 0.0160 e. The first-order valence-corrected chi connectivity index (χ1v) is 12.5. The van der Waals surface area contributed by atoms with Crippen LogP contribution in [0.4, 0.5) is 0 Å². The van der Waals surface area contributed by atoms with Crippen LogP contribution in [0.5, 0.6) is 0 Å². The average molecular weight is 620 g/mol. The summed E-state index contributed by atoms with van der Waals surface area (Å²) in [7, 11) is 8.53. The second kappa shape index (κ2) is 12.1. The zero-order valence-corrected chi connectivity index (χ0v) is 20.6. The van der Waals surface area contributed by atoms with Gasteiger partial charge in [-0.3, -0.25) is 9.97 Å². The van der Waals surface area contributed by atoms with Gasteiger partial charge in [-0.25, -0.2) is 0 Å². The van der Waals surface area contributed by atoms with Gasteiger partial charge in [0.1, 0.15) is 0 Å². The summed E-state index contributed by atoms with van der Waals surface area (Å²) in [4.78, 5) is 17.0. The van der Waals surface area contributed by atoms with Gasteiger partial charge in [0.15, 0.2) is 0 Å². The van der Waals surface area contributed by atoms with E-state index in [4.69, 9.17) is 0 Å². The Kier molecular flexibility index (Phi) is 8.87. The molecule has 8 heteroatoms. The monoisotopic (exact) mass is 620 g/mol. The van der Waals surface area contributed by atoms with Crippen molar-refractivity contribution < 1.29 is 17.9 Å². The molecule has 0 fully saturated rings. The molecule has 1 aromatic carbocycles. The number of imidazole rings is 2. The molecule has 32 heavy (non-hydrogen) atoms. The summed E-state index contributed by atoms with van der Waals surface area (Å²) < 4.78 is 3.88. The molecule has 0 unspecified atom stereocenters. The van der Waals surface area contributed by atoms with E-state index in [0.717, 1.165) is 34.0 Å². The Morgan fingerprint density at radius 2 is 1.38 bits per heavy atom. The SMILES string of the molecule is Cn1ccnc1-c1[c-]c(-c2nccn2C)cnc1.[Cl][Ir+2].[c-]1ccccc1-c1ccccn1. The molecular formula is C24H20ClIrN6. The molecule has 0 amide bonds. The average Bonchev–Trinajstić information content (AvgIpc) is 3.50. The van der Waals surface area contributed by atoms with E-state index >= 15 is 0 Å². The van der Waals surface area contributed by atoms with Crippen LogP contribution in [-0.2, 0) is 32.0 Å². The van der Waals surface area contributed by atoms with E-state index in [1.165, 1.54) is 17.9 Å². The maximum atomic E-state index is 4.64. The Morgan fingerprint density at radius 1 is 0.750 bits per heavy atom. The number of halogens is 1. The summed E-state index contributed by atoms with van der Waals surface area (Å²) >= 11 is 1.47. The summed E-state index contributed by atoms with van der Waals surface area (Å²) in [5.74, 6) is 1.69. The molecule has 0 atom stereocenters. The molecule has 5 rings (SSSR count). The van der Waals surface area contributed by atoms with Crippen molar-refractivity contribution in [1.29, 1.82) is 0 Å². The quantitative estimate of drug-likeness (QED) is 0.269. The second-order valence-corrected chi connectivity index (χ2v) is 6.57. The van der Waals surface area contributed by atoms with E-state index in [-0.39, 0.29) is 0 Å². The fourth-order valence-electron chi connectivity index (χ4n) is 2.95. The van der Waals surface area contributed by atoms with Crippen LogP contribution in [0.2, 0.25) is 0 Å². The zero-order chi connectivity index (χ0) is 22.8. The Balaban J connectivity index is 0.000000180. The first kappa shape index (κ1) is 23.5. The standard InChI is InChI=1S/C13H12N5.C11H8N.ClH.Ir/c1-17-5-3-15-12(17)10-7-11(9-14-8-10)13-16-4-6-18(13)2;1-2-6-10(7-3-1)11-8-4-5-9-12-11;;/h3-6,8-9H,1-2H3;1-6,8-9H;1H;/q2*-1;;+3/p-1. The van der Waals surface area contributed by atoms with E-state index in [1.807, 2.05) is 78.1 Å². The Hall–Kier alpha value is -3.12. The van der Waals surface area contributed by atoms with Gasteiger partial charge in [0, 0.05) is 45.1 Å². The van der Waals surface area contributed by atoms with Crippen molar-refractivity contribution in [2.24, 2.45) is 14.1 Å². The number of aromatic nitrogens is 6. The van der Waals surface area contributed by atoms with Crippen LogP contribution < -0.4 is 0 Å². The third-order valence-electron chi connectivity index (χ3n) is 4.45. The van der Waals surface area contributed by atoms with Crippen molar-refractivity contribution in [3.63, 3.8) is 0 Å². The molecular weight excluding hydrogens is 600 g/mol. The smallest absolute Gasteiger partial charge is 0.0160 e. The second-order valence-electron chi connectivity index (χ2n) is 6.57. The molecule has 0 N–H and O–H groups in total. The summed E-state index contributed by atoms with van der Waals surface area (Å²) in [6.07, 6.45) is 12.6. The van der Waals surface area contributed by atoms with Crippen LogP contribution in [0.25, 0.3) is 34.0 Å². The van der Waals surface area contributed by atoms with Gasteiger partial charge in [-0.05, 0) is 24.2 Å². The fourth-order valence-corrected chi connectivity index (χ4v) is 2.95. The number of pyridine rings is 2. The Morgan fingerprint density at radius 3 is 1.84 bits per heavy atom. The Bertz CT molecular complexity index is 1130. The van der Waals surface area contributed by atoms with Gasteiger partial charge in [-0.15, -0.1) is 42.0 Å².